The SMILES string of the molecule is O=c1c(CO)c(CO)nnn1CO. The summed E-state index contributed by atoms with van der Waals surface area (Å²) >= 11 is 0. The first-order valence-corrected chi connectivity index (χ1v) is 3.52. The average Bonchev–Trinajstić information content (AvgIpc) is 2.17. The van der Waals surface area contributed by atoms with E-state index in [1.165, 1.54) is 0 Å². The van der Waals surface area contributed by atoms with Crippen LogP contribution in [0.15, 0.2) is 4.79 Å². The first-order valence-electron chi connectivity index (χ1n) is 3.52. The predicted octanol–water partition coefficient (Wildman–Crippen LogP) is -2.43. The molecule has 0 aliphatic rings. The van der Waals surface area contributed by atoms with E-state index in [0.717, 1.165) is 0 Å². The Kier molecular flexibility index (Phi) is 3.07. The zero-order valence-electron chi connectivity index (χ0n) is 6.71. The molecule has 3 N–H and O–H groups in total. The fourth-order valence-electron chi connectivity index (χ4n) is 0.867. The fourth-order valence-corrected chi connectivity index (χ4v) is 0.867. The van der Waals surface area contributed by atoms with Crippen LogP contribution in [0.5, 0.6) is 0 Å². The van der Waals surface area contributed by atoms with Gasteiger partial charge in [0.1, 0.15) is 12.4 Å². The highest BCUT2D eigenvalue weighted by molar-refractivity contribution is 5.12. The Labute approximate surface area is 72.9 Å². The molecular formula is C6H9N3O4. The molecule has 1 heterocycles. The van der Waals surface area contributed by atoms with Crippen LogP contribution in [0.3, 0.4) is 0 Å². The van der Waals surface area contributed by atoms with Crippen molar-refractivity contribution < 1.29 is 15.3 Å². The van der Waals surface area contributed by atoms with Gasteiger partial charge in [-0.25, -0.2) is 0 Å². The van der Waals surface area contributed by atoms with Crippen molar-refractivity contribution in [1.29, 1.82) is 0 Å². The van der Waals surface area contributed by atoms with E-state index >= 15 is 0 Å². The second-order valence-corrected chi connectivity index (χ2v) is 2.28. The van der Waals surface area contributed by atoms with E-state index < -0.39 is 25.5 Å². The van der Waals surface area contributed by atoms with E-state index in [1.54, 1.807) is 0 Å². The minimum Gasteiger partial charge on any atom is -0.391 e. The third kappa shape index (κ3) is 1.72. The van der Waals surface area contributed by atoms with Crippen molar-refractivity contribution in [3.63, 3.8) is 0 Å². The molecule has 7 heteroatoms. The van der Waals surface area contributed by atoms with Crippen molar-refractivity contribution >= 4 is 0 Å². The summed E-state index contributed by atoms with van der Waals surface area (Å²) in [6, 6.07) is 0. The molecule has 0 saturated carbocycles. The molecule has 0 saturated heterocycles. The zero-order chi connectivity index (χ0) is 9.84. The number of hydrogen-bond donors (Lipinski definition) is 3. The molecule has 0 atom stereocenters. The van der Waals surface area contributed by atoms with Crippen LogP contribution in [0.1, 0.15) is 11.3 Å². The maximum Gasteiger partial charge on any atom is 0.277 e. The van der Waals surface area contributed by atoms with E-state index in [2.05, 4.69) is 10.3 Å². The summed E-state index contributed by atoms with van der Waals surface area (Å²) in [5, 5.41) is 32.9. The Morgan fingerprint density at radius 2 is 1.92 bits per heavy atom. The summed E-state index contributed by atoms with van der Waals surface area (Å²) < 4.78 is 0.685. The van der Waals surface area contributed by atoms with Crippen molar-refractivity contribution in [2.45, 2.75) is 19.9 Å². The van der Waals surface area contributed by atoms with Crippen molar-refractivity contribution in [3.8, 4) is 0 Å². The van der Waals surface area contributed by atoms with Crippen molar-refractivity contribution in [3.05, 3.63) is 21.6 Å². The highest BCUT2D eigenvalue weighted by atomic mass is 16.3. The van der Waals surface area contributed by atoms with E-state index in [4.69, 9.17) is 15.3 Å². The van der Waals surface area contributed by atoms with Crippen LogP contribution in [-0.2, 0) is 19.9 Å². The third-order valence-electron chi connectivity index (χ3n) is 1.56. The van der Waals surface area contributed by atoms with Gasteiger partial charge in [-0.2, -0.15) is 4.68 Å². The monoisotopic (exact) mass is 187 g/mol. The van der Waals surface area contributed by atoms with Gasteiger partial charge >= 0.3 is 0 Å². The molecule has 72 valence electrons. The second kappa shape index (κ2) is 4.08. The largest absolute Gasteiger partial charge is 0.391 e. The van der Waals surface area contributed by atoms with E-state index in [0.29, 0.717) is 4.68 Å². The Bertz CT molecular complexity index is 348. The molecular weight excluding hydrogens is 178 g/mol. The quantitative estimate of drug-likeness (QED) is 0.485. The Balaban J connectivity index is 3.32. The summed E-state index contributed by atoms with van der Waals surface area (Å²) in [5.41, 5.74) is -0.673. The summed E-state index contributed by atoms with van der Waals surface area (Å²) in [7, 11) is 0. The maximum atomic E-state index is 11.2. The number of aliphatic hydroxyl groups excluding tert-OH is 3. The van der Waals surface area contributed by atoms with E-state index in [9.17, 15) is 4.79 Å². The average molecular weight is 187 g/mol. The Morgan fingerprint density at radius 3 is 2.38 bits per heavy atom. The van der Waals surface area contributed by atoms with Gasteiger partial charge in [0.15, 0.2) is 0 Å². The van der Waals surface area contributed by atoms with Crippen LogP contribution in [-0.4, -0.2) is 30.3 Å². The molecule has 0 fully saturated rings. The zero-order valence-corrected chi connectivity index (χ0v) is 6.71. The smallest absolute Gasteiger partial charge is 0.277 e. The number of rotatable bonds is 3. The van der Waals surface area contributed by atoms with Gasteiger partial charge in [0.05, 0.1) is 18.8 Å². The minimum absolute atomic E-state index is 0.0252. The predicted molar refractivity (Wildman–Crippen MR) is 40.4 cm³/mol. The van der Waals surface area contributed by atoms with Crippen LogP contribution in [0.25, 0.3) is 0 Å². The molecule has 13 heavy (non-hydrogen) atoms. The number of aliphatic hydroxyl groups is 3. The van der Waals surface area contributed by atoms with Gasteiger partial charge in [0, 0.05) is 0 Å². The molecule has 0 spiro atoms. The normalized spacial score (nSPS) is 10.4. The minimum atomic E-state index is -0.649. The van der Waals surface area contributed by atoms with Gasteiger partial charge in [0.2, 0.25) is 0 Å². The number of aromatic nitrogens is 3. The lowest BCUT2D eigenvalue weighted by Gasteiger charge is -2.04. The van der Waals surface area contributed by atoms with Gasteiger partial charge in [0.25, 0.3) is 5.56 Å². The first kappa shape index (κ1) is 9.78. The fraction of sp³-hybridized carbons (Fsp3) is 0.500. The summed E-state index contributed by atoms with van der Waals surface area (Å²) in [4.78, 5) is 11.2. The van der Waals surface area contributed by atoms with Gasteiger partial charge in [-0.05, 0) is 0 Å². The topological polar surface area (TPSA) is 108 Å². The highest BCUT2D eigenvalue weighted by Gasteiger charge is 2.10. The summed E-state index contributed by atoms with van der Waals surface area (Å²) in [6.07, 6.45) is 0. The first-order chi connectivity index (χ1) is 6.24. The molecule has 0 aromatic carbocycles. The van der Waals surface area contributed by atoms with E-state index in [1.807, 2.05) is 0 Å². The molecule has 0 bridgehead atoms. The molecule has 0 radical (unpaired) electrons. The third-order valence-corrected chi connectivity index (χ3v) is 1.56. The molecule has 0 amide bonds. The van der Waals surface area contributed by atoms with Gasteiger partial charge in [-0.3, -0.25) is 4.79 Å². The molecule has 1 aromatic heterocycles. The second-order valence-electron chi connectivity index (χ2n) is 2.28. The van der Waals surface area contributed by atoms with Gasteiger partial charge < -0.3 is 15.3 Å². The molecule has 0 aliphatic heterocycles. The van der Waals surface area contributed by atoms with Gasteiger partial charge in [-0.1, -0.05) is 5.21 Å². The van der Waals surface area contributed by atoms with Crippen molar-refractivity contribution in [2.75, 3.05) is 0 Å². The summed E-state index contributed by atoms with van der Waals surface area (Å²) in [6.45, 7) is -1.61. The highest BCUT2D eigenvalue weighted by Crippen LogP contribution is 1.97. The van der Waals surface area contributed by atoms with Crippen molar-refractivity contribution in [1.82, 2.24) is 15.0 Å². The number of nitrogens with zero attached hydrogens (tertiary/aromatic N) is 3. The number of hydrogen-bond acceptors (Lipinski definition) is 6. The molecule has 7 nitrogen and oxygen atoms in total. The Hall–Kier alpha value is -1.31. The van der Waals surface area contributed by atoms with Crippen LogP contribution < -0.4 is 5.56 Å². The van der Waals surface area contributed by atoms with Gasteiger partial charge in [-0.15, -0.1) is 5.10 Å². The molecule has 0 unspecified atom stereocenters. The molecule has 1 aromatic rings. The summed E-state index contributed by atoms with van der Waals surface area (Å²) in [5.74, 6) is 0. The molecule has 1 rings (SSSR count). The standard InChI is InChI=1S/C6H9N3O4/c10-1-4-5(2-11)7-8-9(3-12)6(4)13/h10-12H,1-3H2. The van der Waals surface area contributed by atoms with Crippen LogP contribution in [0.2, 0.25) is 0 Å². The molecule has 0 aliphatic carbocycles. The van der Waals surface area contributed by atoms with Crippen LogP contribution >= 0.6 is 0 Å². The lowest BCUT2D eigenvalue weighted by molar-refractivity contribution is 0.177. The lowest BCUT2D eigenvalue weighted by atomic mass is 10.2. The van der Waals surface area contributed by atoms with Crippen LogP contribution in [0.4, 0.5) is 0 Å². The van der Waals surface area contributed by atoms with Crippen LogP contribution in [0, 0.1) is 0 Å². The van der Waals surface area contributed by atoms with E-state index in [-0.39, 0.29) is 11.3 Å². The Morgan fingerprint density at radius 1 is 1.23 bits per heavy atom. The lowest BCUT2D eigenvalue weighted by Crippen LogP contribution is -2.29. The van der Waals surface area contributed by atoms with Crippen molar-refractivity contribution in [2.24, 2.45) is 0 Å². The maximum absolute atomic E-state index is 11.2.